The Morgan fingerprint density at radius 2 is 1.58 bits per heavy atom. The van der Waals surface area contributed by atoms with Gasteiger partial charge in [0.1, 0.15) is 0 Å². The van der Waals surface area contributed by atoms with Crippen molar-refractivity contribution in [2.75, 3.05) is 45.9 Å². The molecule has 0 aromatic rings. The second-order valence-electron chi connectivity index (χ2n) is 7.40. The van der Waals surface area contributed by atoms with E-state index >= 15 is 0 Å². The molecule has 2 amide bonds. The standard InChI is InChI=1S/C18H31N3O3/c22-17(12-15-4-1-2-5-15)20-7-3-8-21(10-9-20)18(23)13-16-14-24-11-6-19-16/h15-16,19H,1-14H2. The Bertz CT molecular complexity index is 431. The molecule has 0 spiro atoms. The van der Waals surface area contributed by atoms with Gasteiger partial charge in [0.15, 0.2) is 0 Å². The quantitative estimate of drug-likeness (QED) is 0.832. The summed E-state index contributed by atoms with van der Waals surface area (Å²) in [5.41, 5.74) is 0. The number of carbonyl (C=O) groups is 2. The van der Waals surface area contributed by atoms with E-state index in [-0.39, 0.29) is 11.9 Å². The van der Waals surface area contributed by atoms with Crippen molar-refractivity contribution in [1.29, 1.82) is 0 Å². The molecular formula is C18H31N3O3. The topological polar surface area (TPSA) is 61.9 Å². The number of nitrogens with zero attached hydrogens (tertiary/aromatic N) is 2. The van der Waals surface area contributed by atoms with Crippen LogP contribution in [0.15, 0.2) is 0 Å². The first-order valence-electron chi connectivity index (χ1n) is 9.59. The molecule has 0 aromatic heterocycles. The van der Waals surface area contributed by atoms with E-state index in [4.69, 9.17) is 4.74 Å². The average Bonchev–Trinajstić information content (AvgIpc) is 2.96. The van der Waals surface area contributed by atoms with Gasteiger partial charge in [-0.15, -0.1) is 0 Å². The van der Waals surface area contributed by atoms with Crippen LogP contribution in [0.2, 0.25) is 0 Å². The zero-order valence-electron chi connectivity index (χ0n) is 14.7. The van der Waals surface area contributed by atoms with Crippen molar-refractivity contribution in [1.82, 2.24) is 15.1 Å². The minimum Gasteiger partial charge on any atom is -0.378 e. The first-order valence-corrected chi connectivity index (χ1v) is 9.59. The molecule has 0 bridgehead atoms. The molecule has 1 unspecified atom stereocenters. The van der Waals surface area contributed by atoms with Crippen LogP contribution in [0.3, 0.4) is 0 Å². The molecule has 3 fully saturated rings. The lowest BCUT2D eigenvalue weighted by atomic mass is 10.0. The summed E-state index contributed by atoms with van der Waals surface area (Å²) in [4.78, 5) is 28.9. The second-order valence-corrected chi connectivity index (χ2v) is 7.40. The fraction of sp³-hybridized carbons (Fsp3) is 0.889. The van der Waals surface area contributed by atoms with Crippen LogP contribution in [0, 0.1) is 5.92 Å². The maximum absolute atomic E-state index is 12.5. The normalized spacial score (nSPS) is 26.4. The first-order chi connectivity index (χ1) is 11.7. The highest BCUT2D eigenvalue weighted by Gasteiger charge is 2.26. The van der Waals surface area contributed by atoms with Gasteiger partial charge in [-0.3, -0.25) is 9.59 Å². The van der Waals surface area contributed by atoms with E-state index in [2.05, 4.69) is 5.32 Å². The number of amides is 2. The predicted molar refractivity (Wildman–Crippen MR) is 91.6 cm³/mol. The van der Waals surface area contributed by atoms with E-state index in [9.17, 15) is 9.59 Å². The molecule has 2 heterocycles. The van der Waals surface area contributed by atoms with Crippen molar-refractivity contribution in [2.45, 2.75) is 51.0 Å². The number of morpholine rings is 1. The zero-order chi connectivity index (χ0) is 16.8. The Labute approximate surface area is 144 Å². The van der Waals surface area contributed by atoms with Gasteiger partial charge in [0.2, 0.25) is 11.8 Å². The number of hydrogen-bond acceptors (Lipinski definition) is 4. The van der Waals surface area contributed by atoms with Gasteiger partial charge in [-0.25, -0.2) is 0 Å². The summed E-state index contributed by atoms with van der Waals surface area (Å²) in [6.45, 7) is 5.08. The summed E-state index contributed by atoms with van der Waals surface area (Å²) in [6.07, 6.45) is 7.06. The monoisotopic (exact) mass is 337 g/mol. The lowest BCUT2D eigenvalue weighted by molar-refractivity contribution is -0.134. The van der Waals surface area contributed by atoms with E-state index in [0.29, 0.717) is 44.4 Å². The third-order valence-corrected chi connectivity index (χ3v) is 5.56. The maximum Gasteiger partial charge on any atom is 0.224 e. The van der Waals surface area contributed by atoms with Gasteiger partial charge in [0.05, 0.1) is 13.2 Å². The van der Waals surface area contributed by atoms with Gasteiger partial charge in [-0.1, -0.05) is 12.8 Å². The highest BCUT2D eigenvalue weighted by atomic mass is 16.5. The summed E-state index contributed by atoms with van der Waals surface area (Å²) >= 11 is 0. The molecule has 3 rings (SSSR count). The van der Waals surface area contributed by atoms with Crippen molar-refractivity contribution < 1.29 is 14.3 Å². The highest BCUT2D eigenvalue weighted by molar-refractivity contribution is 5.78. The van der Waals surface area contributed by atoms with E-state index in [1.54, 1.807) is 0 Å². The van der Waals surface area contributed by atoms with Gasteiger partial charge < -0.3 is 19.9 Å². The van der Waals surface area contributed by atoms with Crippen LogP contribution in [0.5, 0.6) is 0 Å². The van der Waals surface area contributed by atoms with E-state index in [0.717, 1.165) is 32.7 Å². The Morgan fingerprint density at radius 3 is 2.21 bits per heavy atom. The summed E-state index contributed by atoms with van der Waals surface area (Å²) in [5, 5.41) is 3.34. The Balaban J connectivity index is 1.43. The lowest BCUT2D eigenvalue weighted by Gasteiger charge is -2.27. The third kappa shape index (κ3) is 4.93. The molecule has 1 N–H and O–H groups in total. The maximum atomic E-state index is 12.5. The van der Waals surface area contributed by atoms with Crippen LogP contribution in [0.4, 0.5) is 0 Å². The zero-order valence-corrected chi connectivity index (χ0v) is 14.7. The molecule has 6 nitrogen and oxygen atoms in total. The fourth-order valence-electron chi connectivity index (χ4n) is 4.10. The molecule has 1 atom stereocenters. The van der Waals surface area contributed by atoms with Crippen LogP contribution in [0.1, 0.15) is 44.9 Å². The van der Waals surface area contributed by atoms with Gasteiger partial charge >= 0.3 is 0 Å². The number of carbonyl (C=O) groups excluding carboxylic acids is 2. The van der Waals surface area contributed by atoms with Gasteiger partial charge in [0, 0.05) is 51.6 Å². The molecule has 24 heavy (non-hydrogen) atoms. The van der Waals surface area contributed by atoms with E-state index < -0.39 is 0 Å². The van der Waals surface area contributed by atoms with Crippen molar-refractivity contribution >= 4 is 11.8 Å². The molecule has 0 radical (unpaired) electrons. The van der Waals surface area contributed by atoms with Crippen molar-refractivity contribution in [3.8, 4) is 0 Å². The minimum atomic E-state index is 0.134. The second kappa shape index (κ2) is 8.81. The number of hydrogen-bond donors (Lipinski definition) is 1. The summed E-state index contributed by atoms with van der Waals surface area (Å²) < 4.78 is 5.42. The van der Waals surface area contributed by atoms with E-state index in [1.807, 2.05) is 9.80 Å². The van der Waals surface area contributed by atoms with Crippen LogP contribution >= 0.6 is 0 Å². The average molecular weight is 337 g/mol. The molecule has 136 valence electrons. The summed E-state index contributed by atoms with van der Waals surface area (Å²) in [6, 6.07) is 0.134. The largest absolute Gasteiger partial charge is 0.378 e. The van der Waals surface area contributed by atoms with Crippen molar-refractivity contribution in [2.24, 2.45) is 5.92 Å². The van der Waals surface area contributed by atoms with Gasteiger partial charge in [-0.2, -0.15) is 0 Å². The van der Waals surface area contributed by atoms with E-state index in [1.165, 1.54) is 25.7 Å². The summed E-state index contributed by atoms with van der Waals surface area (Å²) in [7, 11) is 0. The summed E-state index contributed by atoms with van der Waals surface area (Å²) in [5.74, 6) is 1.07. The fourth-order valence-corrected chi connectivity index (χ4v) is 4.10. The molecule has 2 saturated heterocycles. The molecule has 1 saturated carbocycles. The molecule has 1 aliphatic carbocycles. The SMILES string of the molecule is O=C(CC1CCCC1)N1CCCN(C(=O)CC2COCCN2)CC1. The number of ether oxygens (including phenoxy) is 1. The van der Waals surface area contributed by atoms with Gasteiger partial charge in [-0.05, 0) is 25.2 Å². The molecule has 0 aromatic carbocycles. The van der Waals surface area contributed by atoms with Gasteiger partial charge in [0.25, 0.3) is 0 Å². The predicted octanol–water partition coefficient (Wildman–Crippen LogP) is 1.01. The lowest BCUT2D eigenvalue weighted by Crippen LogP contribution is -2.45. The third-order valence-electron chi connectivity index (χ3n) is 5.56. The Kier molecular flexibility index (Phi) is 6.49. The molecule has 3 aliphatic rings. The van der Waals surface area contributed by atoms with Crippen molar-refractivity contribution in [3.05, 3.63) is 0 Å². The minimum absolute atomic E-state index is 0.134. The number of rotatable bonds is 4. The van der Waals surface area contributed by atoms with Crippen LogP contribution in [-0.2, 0) is 14.3 Å². The first kappa shape index (κ1) is 17.7. The molecule has 6 heteroatoms. The van der Waals surface area contributed by atoms with Crippen molar-refractivity contribution in [3.63, 3.8) is 0 Å². The van der Waals surface area contributed by atoms with Crippen LogP contribution < -0.4 is 5.32 Å². The highest BCUT2D eigenvalue weighted by Crippen LogP contribution is 2.28. The Morgan fingerprint density at radius 1 is 0.917 bits per heavy atom. The molecular weight excluding hydrogens is 306 g/mol. The molecule has 2 aliphatic heterocycles. The number of nitrogens with one attached hydrogen (secondary N) is 1. The van der Waals surface area contributed by atoms with Crippen LogP contribution in [-0.4, -0.2) is 73.6 Å². The Hall–Kier alpha value is -1.14. The smallest absolute Gasteiger partial charge is 0.224 e. The van der Waals surface area contributed by atoms with Crippen LogP contribution in [0.25, 0.3) is 0 Å².